The number of nitrogens with zero attached hydrogens (tertiary/aromatic N) is 1. The molecule has 4 heteroatoms. The quantitative estimate of drug-likeness (QED) is 0.330. The van der Waals surface area contributed by atoms with Gasteiger partial charge in [0.1, 0.15) is 5.75 Å². The molecule has 0 unspecified atom stereocenters. The number of unbranched alkanes of at least 4 members (excludes halogenated alkanes) is 1. The van der Waals surface area contributed by atoms with E-state index in [2.05, 4.69) is 35.2 Å². The molecule has 1 aromatic carbocycles. The van der Waals surface area contributed by atoms with E-state index in [1.165, 1.54) is 62.5 Å². The average Bonchev–Trinajstić information content (AvgIpc) is 3.28. The summed E-state index contributed by atoms with van der Waals surface area (Å²) in [6.45, 7) is 5.48. The van der Waals surface area contributed by atoms with E-state index in [1.807, 2.05) is 6.92 Å². The topological polar surface area (TPSA) is 38.8 Å². The first-order chi connectivity index (χ1) is 15.7. The van der Waals surface area contributed by atoms with Crippen LogP contribution in [0, 0.1) is 5.41 Å². The van der Waals surface area contributed by atoms with Crippen LogP contribution in [0.15, 0.2) is 30.3 Å². The summed E-state index contributed by atoms with van der Waals surface area (Å²) < 4.78 is 11.3. The number of ether oxygens (including phenoxy) is 2. The Morgan fingerprint density at radius 1 is 1.06 bits per heavy atom. The predicted octanol–water partition coefficient (Wildman–Crippen LogP) is 6.39. The number of hydrogen-bond donors (Lipinski definition) is 0. The Morgan fingerprint density at radius 3 is 2.47 bits per heavy atom. The fourth-order valence-electron chi connectivity index (χ4n) is 5.90. The molecule has 0 atom stereocenters. The fourth-order valence-corrected chi connectivity index (χ4v) is 5.90. The van der Waals surface area contributed by atoms with E-state index in [1.54, 1.807) is 0 Å². The van der Waals surface area contributed by atoms with Crippen LogP contribution in [0.4, 0.5) is 0 Å². The number of esters is 1. The van der Waals surface area contributed by atoms with Crippen molar-refractivity contribution in [2.75, 3.05) is 26.2 Å². The lowest BCUT2D eigenvalue weighted by Gasteiger charge is -2.37. The van der Waals surface area contributed by atoms with Gasteiger partial charge in [-0.15, -0.1) is 0 Å². The maximum absolute atomic E-state index is 11.4. The molecular weight excluding hydrogens is 398 g/mol. The van der Waals surface area contributed by atoms with E-state index in [0.29, 0.717) is 24.5 Å². The van der Waals surface area contributed by atoms with Crippen molar-refractivity contribution in [1.29, 1.82) is 0 Å². The molecule has 4 rings (SSSR count). The maximum atomic E-state index is 11.4. The van der Waals surface area contributed by atoms with E-state index in [-0.39, 0.29) is 5.97 Å². The lowest BCUT2D eigenvalue weighted by Crippen LogP contribution is -2.30. The molecule has 0 aromatic heterocycles. The Morgan fingerprint density at radius 2 is 1.81 bits per heavy atom. The van der Waals surface area contributed by atoms with Gasteiger partial charge in [-0.25, -0.2) is 0 Å². The summed E-state index contributed by atoms with van der Waals surface area (Å²) in [7, 11) is 0. The van der Waals surface area contributed by atoms with Gasteiger partial charge in [-0.05, 0) is 99.9 Å². The van der Waals surface area contributed by atoms with Crippen LogP contribution in [0.1, 0.15) is 89.5 Å². The van der Waals surface area contributed by atoms with Crippen LogP contribution in [-0.4, -0.2) is 43.2 Å². The molecule has 1 spiro atoms. The highest BCUT2D eigenvalue weighted by atomic mass is 16.5. The second kappa shape index (κ2) is 11.4. The van der Waals surface area contributed by atoms with Gasteiger partial charge in [0.2, 0.25) is 0 Å². The van der Waals surface area contributed by atoms with E-state index < -0.39 is 0 Å². The SMILES string of the molecule is CCOC(=O)CCCCN1CC=C(c2ccc(OC3CCC4(CCCC4)CC3)cc2)CC1. The van der Waals surface area contributed by atoms with Crippen molar-refractivity contribution in [2.45, 2.75) is 90.1 Å². The molecule has 0 N–H and O–H groups in total. The zero-order valence-corrected chi connectivity index (χ0v) is 19.9. The van der Waals surface area contributed by atoms with Gasteiger partial charge in [-0.2, -0.15) is 0 Å². The highest BCUT2D eigenvalue weighted by molar-refractivity contribution is 5.69. The van der Waals surface area contributed by atoms with Crippen LogP contribution in [-0.2, 0) is 9.53 Å². The van der Waals surface area contributed by atoms with Crippen LogP contribution < -0.4 is 4.74 Å². The van der Waals surface area contributed by atoms with E-state index in [9.17, 15) is 4.79 Å². The largest absolute Gasteiger partial charge is 0.490 e. The smallest absolute Gasteiger partial charge is 0.305 e. The molecule has 0 saturated heterocycles. The summed E-state index contributed by atoms with van der Waals surface area (Å²) in [5.74, 6) is 0.961. The molecule has 0 radical (unpaired) electrons. The summed E-state index contributed by atoms with van der Waals surface area (Å²) in [4.78, 5) is 13.9. The highest BCUT2D eigenvalue weighted by Gasteiger charge is 2.38. The Hall–Kier alpha value is -1.81. The minimum Gasteiger partial charge on any atom is -0.490 e. The van der Waals surface area contributed by atoms with Crippen molar-refractivity contribution in [3.05, 3.63) is 35.9 Å². The van der Waals surface area contributed by atoms with Crippen LogP contribution in [0.3, 0.4) is 0 Å². The highest BCUT2D eigenvalue weighted by Crippen LogP contribution is 2.49. The molecule has 1 aliphatic heterocycles. The van der Waals surface area contributed by atoms with Gasteiger partial charge in [0.25, 0.3) is 0 Å². The van der Waals surface area contributed by atoms with Crippen molar-refractivity contribution >= 4 is 11.5 Å². The molecule has 32 heavy (non-hydrogen) atoms. The average molecular weight is 440 g/mol. The number of hydrogen-bond acceptors (Lipinski definition) is 4. The monoisotopic (exact) mass is 439 g/mol. The second-order valence-corrected chi connectivity index (χ2v) is 10.1. The minimum atomic E-state index is -0.0676. The normalized spacial score (nSPS) is 21.5. The third kappa shape index (κ3) is 6.37. The summed E-state index contributed by atoms with van der Waals surface area (Å²) in [5, 5.41) is 0. The molecule has 0 bridgehead atoms. The van der Waals surface area contributed by atoms with Crippen LogP contribution in [0.25, 0.3) is 5.57 Å². The van der Waals surface area contributed by atoms with Crippen molar-refractivity contribution in [3.8, 4) is 5.75 Å². The van der Waals surface area contributed by atoms with E-state index >= 15 is 0 Å². The van der Waals surface area contributed by atoms with Gasteiger partial charge >= 0.3 is 5.97 Å². The standard InChI is InChI=1S/C28H41NO3/c1-2-31-27(30)7-3-6-20-29-21-14-24(15-22-29)23-8-10-25(11-9-23)32-26-12-18-28(19-13-26)16-4-5-17-28/h8-11,14,26H,2-7,12-13,15-22H2,1H3. The third-order valence-corrected chi connectivity index (χ3v) is 7.89. The molecule has 2 saturated carbocycles. The molecule has 2 aliphatic carbocycles. The van der Waals surface area contributed by atoms with Crippen molar-refractivity contribution in [1.82, 2.24) is 4.90 Å². The summed E-state index contributed by atoms with van der Waals surface area (Å²) >= 11 is 0. The summed E-state index contributed by atoms with van der Waals surface area (Å²) in [6.07, 6.45) is 17.3. The molecule has 4 nitrogen and oxygen atoms in total. The fraction of sp³-hybridized carbons (Fsp3) is 0.679. The molecule has 1 heterocycles. The van der Waals surface area contributed by atoms with E-state index in [0.717, 1.165) is 44.6 Å². The number of carbonyl (C=O) groups excluding carboxylic acids is 1. The lowest BCUT2D eigenvalue weighted by atomic mass is 9.72. The molecule has 0 amide bonds. The van der Waals surface area contributed by atoms with Crippen LogP contribution >= 0.6 is 0 Å². The molecule has 2 fully saturated rings. The Bertz CT molecular complexity index is 753. The summed E-state index contributed by atoms with van der Waals surface area (Å²) in [5.41, 5.74) is 3.44. The first-order valence-corrected chi connectivity index (χ1v) is 13.0. The van der Waals surface area contributed by atoms with Gasteiger partial charge in [-0.1, -0.05) is 31.1 Å². The molecule has 3 aliphatic rings. The molecule has 1 aromatic rings. The lowest BCUT2D eigenvalue weighted by molar-refractivity contribution is -0.143. The Kier molecular flexibility index (Phi) is 8.29. The third-order valence-electron chi connectivity index (χ3n) is 7.89. The number of rotatable bonds is 9. The van der Waals surface area contributed by atoms with E-state index in [4.69, 9.17) is 9.47 Å². The molecular formula is C28H41NO3. The molecule has 176 valence electrons. The second-order valence-electron chi connectivity index (χ2n) is 10.1. The van der Waals surface area contributed by atoms with Crippen LogP contribution in [0.2, 0.25) is 0 Å². The number of carbonyl (C=O) groups is 1. The maximum Gasteiger partial charge on any atom is 0.305 e. The van der Waals surface area contributed by atoms with Gasteiger partial charge in [0.05, 0.1) is 12.7 Å². The zero-order valence-electron chi connectivity index (χ0n) is 19.9. The van der Waals surface area contributed by atoms with Crippen molar-refractivity contribution in [3.63, 3.8) is 0 Å². The van der Waals surface area contributed by atoms with Crippen molar-refractivity contribution in [2.24, 2.45) is 5.41 Å². The minimum absolute atomic E-state index is 0.0676. The number of benzene rings is 1. The first kappa shape index (κ1) is 23.4. The zero-order chi connectivity index (χ0) is 22.2. The van der Waals surface area contributed by atoms with Gasteiger partial charge in [0.15, 0.2) is 0 Å². The predicted molar refractivity (Wildman–Crippen MR) is 130 cm³/mol. The van der Waals surface area contributed by atoms with Crippen molar-refractivity contribution < 1.29 is 14.3 Å². The first-order valence-electron chi connectivity index (χ1n) is 13.0. The van der Waals surface area contributed by atoms with Gasteiger partial charge in [0, 0.05) is 19.5 Å². The Balaban J connectivity index is 1.18. The van der Waals surface area contributed by atoms with Gasteiger partial charge < -0.3 is 9.47 Å². The Labute approximate surface area is 194 Å². The summed E-state index contributed by atoms with van der Waals surface area (Å²) in [6, 6.07) is 8.80. The van der Waals surface area contributed by atoms with Gasteiger partial charge in [-0.3, -0.25) is 9.69 Å². The van der Waals surface area contributed by atoms with Crippen LogP contribution in [0.5, 0.6) is 5.75 Å².